The third-order valence-electron chi connectivity index (χ3n) is 6.72. The number of thioether (sulfide) groups is 1. The molecule has 1 unspecified atom stereocenters. The molecule has 3 heterocycles. The Hall–Kier alpha value is -2.17. The van der Waals surface area contributed by atoms with Crippen molar-refractivity contribution >= 4 is 51.3 Å². The van der Waals surface area contributed by atoms with Crippen molar-refractivity contribution in [3.05, 3.63) is 31.8 Å². The summed E-state index contributed by atoms with van der Waals surface area (Å²) in [7, 11) is 1.38. The van der Waals surface area contributed by atoms with Gasteiger partial charge in [-0.15, -0.1) is 32.9 Å². The van der Waals surface area contributed by atoms with Crippen LogP contribution >= 0.6 is 34.4 Å². The molecule has 0 saturated carbocycles. The van der Waals surface area contributed by atoms with Crippen LogP contribution in [0.1, 0.15) is 70.9 Å². The molecule has 1 N–H and O–H groups in total. The molecule has 5 rings (SSSR count). The van der Waals surface area contributed by atoms with Crippen LogP contribution in [0, 0.1) is 5.92 Å². The summed E-state index contributed by atoms with van der Waals surface area (Å²) in [6, 6.07) is 0.162. The lowest BCUT2D eigenvalue weighted by Gasteiger charge is -2.19. The average molecular weight is 531 g/mol. The molecule has 0 fully saturated rings. The fourth-order valence-electron chi connectivity index (χ4n) is 4.99. The van der Waals surface area contributed by atoms with Crippen LogP contribution in [-0.2, 0) is 35.2 Å². The summed E-state index contributed by atoms with van der Waals surface area (Å²) < 4.78 is 7.12. The number of carbonyl (C=O) groups excluding carboxylic acids is 2. The number of aryl methyl sites for hydroxylation is 1. The number of nitrogens with one attached hydrogen (secondary N) is 1. The van der Waals surface area contributed by atoms with E-state index in [9.17, 15) is 9.59 Å². The molecule has 1 amide bonds. The molecule has 0 aromatic carbocycles. The topological polar surface area (TPSA) is 86.1 Å². The first-order valence-electron chi connectivity index (χ1n) is 12.1. The lowest BCUT2D eigenvalue weighted by Crippen LogP contribution is -2.17. The Morgan fingerprint density at radius 3 is 2.83 bits per heavy atom. The van der Waals surface area contributed by atoms with Crippen molar-refractivity contribution in [2.45, 2.75) is 70.5 Å². The number of anilines is 1. The highest BCUT2D eigenvalue weighted by Gasteiger charge is 2.29. The van der Waals surface area contributed by atoms with Crippen molar-refractivity contribution in [3.8, 4) is 11.4 Å². The van der Waals surface area contributed by atoms with E-state index in [0.717, 1.165) is 54.6 Å². The number of aromatic nitrogens is 3. The summed E-state index contributed by atoms with van der Waals surface area (Å²) in [5, 5.41) is 15.5. The number of methoxy groups -OCH3 is 1. The van der Waals surface area contributed by atoms with Crippen molar-refractivity contribution in [1.29, 1.82) is 0 Å². The normalized spacial score (nSPS) is 16.9. The van der Waals surface area contributed by atoms with Gasteiger partial charge in [-0.05, 0) is 69.4 Å². The van der Waals surface area contributed by atoms with E-state index in [1.54, 1.807) is 0 Å². The third kappa shape index (κ3) is 4.68. The average Bonchev–Trinajstić information content (AvgIpc) is 3.59. The van der Waals surface area contributed by atoms with Gasteiger partial charge >= 0.3 is 5.97 Å². The maximum atomic E-state index is 12.9. The van der Waals surface area contributed by atoms with Gasteiger partial charge in [-0.3, -0.25) is 9.36 Å². The Bertz CT molecular complexity index is 1270. The predicted octanol–water partition coefficient (Wildman–Crippen LogP) is 5.78. The first-order valence-corrected chi connectivity index (χ1v) is 14.8. The number of thiophene rings is 2. The molecule has 35 heavy (non-hydrogen) atoms. The van der Waals surface area contributed by atoms with E-state index >= 15 is 0 Å². The molecule has 0 radical (unpaired) electrons. The maximum Gasteiger partial charge on any atom is 0.341 e. The number of hydrogen-bond donors (Lipinski definition) is 1. The monoisotopic (exact) mass is 530 g/mol. The van der Waals surface area contributed by atoms with Gasteiger partial charge in [-0.1, -0.05) is 18.7 Å². The molecule has 0 aliphatic heterocycles. The molecule has 2 aliphatic rings. The highest BCUT2D eigenvalue weighted by molar-refractivity contribution is 7.99. The van der Waals surface area contributed by atoms with Gasteiger partial charge in [0, 0.05) is 26.7 Å². The summed E-state index contributed by atoms with van der Waals surface area (Å²) >= 11 is 4.70. The van der Waals surface area contributed by atoms with Crippen molar-refractivity contribution in [1.82, 2.24) is 14.8 Å². The molecule has 7 nitrogen and oxygen atoms in total. The number of ether oxygens (including phenoxy) is 1. The first kappa shape index (κ1) is 24.5. The second-order valence-corrected chi connectivity index (χ2v) is 12.6. The number of hydrogen-bond acceptors (Lipinski definition) is 8. The Morgan fingerprint density at radius 2 is 2.06 bits per heavy atom. The summed E-state index contributed by atoms with van der Waals surface area (Å²) in [4.78, 5) is 27.9. The Morgan fingerprint density at radius 1 is 1.23 bits per heavy atom. The van der Waals surface area contributed by atoms with E-state index in [4.69, 9.17) is 4.74 Å². The standard InChI is InChI=1S/C25H30N4O3S3/c1-13(2)29-22(17-11-33-19-10-14(3)8-9-15(17)19)27-28-25(29)34-12-20(30)26-23-21(24(31)32-4)16-6-5-7-18(16)35-23/h11,13-14H,5-10,12H2,1-4H3,(H,26,30). The SMILES string of the molecule is COC(=O)c1c(NC(=O)CSc2nnc(-c3csc4c3CCC(C)C4)n2C(C)C)sc2c1CCC2. The number of rotatable bonds is 7. The fourth-order valence-corrected chi connectivity index (χ4v) is 8.40. The third-order valence-corrected chi connectivity index (χ3v) is 9.92. The summed E-state index contributed by atoms with van der Waals surface area (Å²) in [6.07, 6.45) is 6.26. The highest BCUT2D eigenvalue weighted by Crippen LogP contribution is 2.41. The van der Waals surface area contributed by atoms with Crippen LogP contribution in [0.2, 0.25) is 0 Å². The van der Waals surface area contributed by atoms with Gasteiger partial charge in [0.05, 0.1) is 18.4 Å². The van der Waals surface area contributed by atoms with Crippen molar-refractivity contribution in [3.63, 3.8) is 0 Å². The van der Waals surface area contributed by atoms with Gasteiger partial charge in [0.15, 0.2) is 11.0 Å². The fraction of sp³-hybridized carbons (Fsp3) is 0.520. The number of amides is 1. The van der Waals surface area contributed by atoms with Crippen LogP contribution in [-0.4, -0.2) is 39.5 Å². The van der Waals surface area contributed by atoms with Crippen LogP contribution in [0.5, 0.6) is 0 Å². The highest BCUT2D eigenvalue weighted by atomic mass is 32.2. The Kier molecular flexibility index (Phi) is 7.05. The van der Waals surface area contributed by atoms with Crippen LogP contribution in [0.3, 0.4) is 0 Å². The molecule has 0 spiro atoms. The quantitative estimate of drug-likeness (QED) is 0.308. The molecule has 2 aliphatic carbocycles. The molecule has 0 saturated heterocycles. The zero-order valence-electron chi connectivity index (χ0n) is 20.5. The van der Waals surface area contributed by atoms with Crippen molar-refractivity contribution in [2.24, 2.45) is 5.92 Å². The van der Waals surface area contributed by atoms with E-state index in [2.05, 4.69) is 46.2 Å². The van der Waals surface area contributed by atoms with E-state index in [-0.39, 0.29) is 23.7 Å². The summed E-state index contributed by atoms with van der Waals surface area (Å²) in [6.45, 7) is 6.55. The first-order chi connectivity index (χ1) is 16.9. The van der Waals surface area contributed by atoms with Gasteiger partial charge in [-0.2, -0.15) is 0 Å². The van der Waals surface area contributed by atoms with Crippen molar-refractivity contribution in [2.75, 3.05) is 18.2 Å². The van der Waals surface area contributed by atoms with E-state index in [0.29, 0.717) is 10.6 Å². The Balaban J connectivity index is 1.33. The van der Waals surface area contributed by atoms with Gasteiger partial charge in [0.2, 0.25) is 5.91 Å². The molecule has 1 atom stereocenters. The largest absolute Gasteiger partial charge is 0.465 e. The zero-order valence-corrected chi connectivity index (χ0v) is 22.9. The molecule has 3 aromatic rings. The van der Waals surface area contributed by atoms with Gasteiger partial charge in [-0.25, -0.2) is 4.79 Å². The minimum atomic E-state index is -0.384. The van der Waals surface area contributed by atoms with E-state index in [1.807, 2.05) is 11.3 Å². The minimum Gasteiger partial charge on any atom is -0.465 e. The van der Waals surface area contributed by atoms with Crippen LogP contribution in [0.15, 0.2) is 10.5 Å². The number of nitrogens with zero attached hydrogens (tertiary/aromatic N) is 3. The molecular formula is C25H30N4O3S3. The van der Waals surface area contributed by atoms with E-state index < -0.39 is 0 Å². The lowest BCUT2D eigenvalue weighted by atomic mass is 9.88. The van der Waals surface area contributed by atoms with Gasteiger partial charge in [0.25, 0.3) is 0 Å². The van der Waals surface area contributed by atoms with Crippen LogP contribution < -0.4 is 5.32 Å². The summed E-state index contributed by atoms with van der Waals surface area (Å²) in [5.74, 6) is 1.25. The van der Waals surface area contributed by atoms with Gasteiger partial charge < -0.3 is 10.1 Å². The van der Waals surface area contributed by atoms with Crippen molar-refractivity contribution < 1.29 is 14.3 Å². The minimum absolute atomic E-state index is 0.162. The lowest BCUT2D eigenvalue weighted by molar-refractivity contribution is -0.113. The summed E-state index contributed by atoms with van der Waals surface area (Å²) in [5.41, 5.74) is 4.15. The van der Waals surface area contributed by atoms with Gasteiger partial charge in [0.1, 0.15) is 5.00 Å². The maximum absolute atomic E-state index is 12.9. The smallest absolute Gasteiger partial charge is 0.341 e. The molecule has 0 bridgehead atoms. The Labute approximate surface area is 217 Å². The molecular weight excluding hydrogens is 501 g/mol. The van der Waals surface area contributed by atoms with E-state index in [1.165, 1.54) is 57.5 Å². The predicted molar refractivity (Wildman–Crippen MR) is 142 cm³/mol. The second-order valence-electron chi connectivity index (χ2n) is 9.56. The van der Waals surface area contributed by atoms with Crippen LogP contribution in [0.4, 0.5) is 5.00 Å². The molecule has 10 heteroatoms. The van der Waals surface area contributed by atoms with Crippen LogP contribution in [0.25, 0.3) is 11.4 Å². The molecule has 3 aromatic heterocycles. The molecule has 186 valence electrons. The second kappa shape index (κ2) is 10.1. The number of carbonyl (C=O) groups is 2. The number of esters is 1. The zero-order chi connectivity index (χ0) is 24.7. The number of fused-ring (bicyclic) bond motifs is 2.